The summed E-state index contributed by atoms with van der Waals surface area (Å²) in [5.74, 6) is -2.63. The minimum atomic E-state index is -4.33. The van der Waals surface area contributed by atoms with Crippen LogP contribution in [0.15, 0.2) is 23.1 Å². The molecule has 0 atom stereocenters. The Kier molecular flexibility index (Phi) is 3.03. The molecule has 1 rings (SSSR count). The van der Waals surface area contributed by atoms with Gasteiger partial charge in [0.2, 0.25) is 0 Å². The van der Waals surface area contributed by atoms with E-state index in [4.69, 9.17) is 10.3 Å². The molecule has 15 heavy (non-hydrogen) atoms. The van der Waals surface area contributed by atoms with E-state index in [-0.39, 0.29) is 5.56 Å². The number of sulfonamides is 1. The van der Waals surface area contributed by atoms with Crippen molar-refractivity contribution >= 4 is 16.0 Å². The summed E-state index contributed by atoms with van der Waals surface area (Å²) in [6.45, 7) is 0. The molecule has 0 unspecified atom stereocenters. The highest BCUT2D eigenvalue weighted by Crippen LogP contribution is 2.15. The molecule has 0 aliphatic rings. The molecule has 0 amide bonds. The first kappa shape index (κ1) is 11.6. The topological polar surface area (TPSA) is 104 Å². The smallest absolute Gasteiger partial charge is 0.335 e. The molecule has 1 aromatic carbocycles. The molecular weight excluding hydrogens is 229 g/mol. The summed E-state index contributed by atoms with van der Waals surface area (Å²) >= 11 is 0. The molecule has 0 spiro atoms. The Bertz CT molecular complexity index is 498. The van der Waals surface area contributed by atoms with Gasteiger partial charge in [-0.2, -0.15) is 0 Å². The summed E-state index contributed by atoms with van der Waals surface area (Å²) < 4.78 is 35.0. The minimum absolute atomic E-state index is 0.385. The summed E-state index contributed by atoms with van der Waals surface area (Å²) in [6.07, 6.45) is 0. The van der Waals surface area contributed by atoms with Crippen molar-refractivity contribution in [3.8, 4) is 0 Å². The number of benzene rings is 1. The lowest BCUT2D eigenvalue weighted by Gasteiger charge is -2.03. The molecule has 0 saturated carbocycles. The van der Waals surface area contributed by atoms with E-state index < -0.39 is 26.7 Å². The number of nitrogens with one attached hydrogen (secondary N) is 1. The molecule has 6 nitrogen and oxygen atoms in total. The molecule has 0 bridgehead atoms. The average molecular weight is 235 g/mol. The van der Waals surface area contributed by atoms with Crippen LogP contribution in [0.2, 0.25) is 0 Å². The molecule has 0 aromatic heterocycles. The van der Waals surface area contributed by atoms with Crippen molar-refractivity contribution in [2.24, 2.45) is 0 Å². The highest BCUT2D eigenvalue weighted by atomic mass is 32.2. The first-order chi connectivity index (χ1) is 6.88. The van der Waals surface area contributed by atoms with Gasteiger partial charge in [-0.25, -0.2) is 17.6 Å². The second-order valence-electron chi connectivity index (χ2n) is 2.55. The van der Waals surface area contributed by atoms with Crippen LogP contribution in [0.3, 0.4) is 0 Å². The van der Waals surface area contributed by atoms with Gasteiger partial charge in [0.1, 0.15) is 10.7 Å². The Morgan fingerprint density at radius 2 is 2.00 bits per heavy atom. The number of halogens is 1. The minimum Gasteiger partial charge on any atom is -0.478 e. The van der Waals surface area contributed by atoms with Crippen LogP contribution in [-0.4, -0.2) is 24.7 Å². The monoisotopic (exact) mass is 235 g/mol. The fourth-order valence-electron chi connectivity index (χ4n) is 0.901. The Morgan fingerprint density at radius 3 is 2.40 bits per heavy atom. The molecule has 0 radical (unpaired) electrons. The van der Waals surface area contributed by atoms with Crippen LogP contribution in [0.25, 0.3) is 0 Å². The molecule has 0 fully saturated rings. The largest absolute Gasteiger partial charge is 0.478 e. The summed E-state index contributed by atoms with van der Waals surface area (Å²) in [7, 11) is -4.33. The van der Waals surface area contributed by atoms with E-state index >= 15 is 0 Å². The van der Waals surface area contributed by atoms with Gasteiger partial charge in [0.25, 0.3) is 10.0 Å². The fourth-order valence-corrected chi connectivity index (χ4v) is 1.56. The van der Waals surface area contributed by atoms with Crippen LogP contribution in [0.4, 0.5) is 4.39 Å². The quantitative estimate of drug-likeness (QED) is 0.649. The highest BCUT2D eigenvalue weighted by molar-refractivity contribution is 7.89. The van der Waals surface area contributed by atoms with Gasteiger partial charge in [0, 0.05) is 0 Å². The molecule has 82 valence electrons. The molecule has 3 N–H and O–H groups in total. The fraction of sp³-hybridized carbons (Fsp3) is 0. The third-order valence-electron chi connectivity index (χ3n) is 1.59. The normalized spacial score (nSPS) is 11.3. The summed E-state index contributed by atoms with van der Waals surface area (Å²) in [5, 5.41) is 16.7. The van der Waals surface area contributed by atoms with Crippen molar-refractivity contribution in [1.82, 2.24) is 4.89 Å². The van der Waals surface area contributed by atoms with E-state index in [0.717, 1.165) is 17.0 Å². The number of rotatable bonds is 3. The maximum Gasteiger partial charge on any atom is 0.335 e. The van der Waals surface area contributed by atoms with Crippen LogP contribution in [0.5, 0.6) is 0 Å². The Labute approximate surface area is 84.0 Å². The van der Waals surface area contributed by atoms with E-state index in [1.54, 1.807) is 0 Å². The zero-order chi connectivity index (χ0) is 11.6. The third-order valence-corrected chi connectivity index (χ3v) is 2.74. The van der Waals surface area contributed by atoms with Gasteiger partial charge in [0.05, 0.1) is 5.56 Å². The predicted molar refractivity (Wildman–Crippen MR) is 45.5 cm³/mol. The van der Waals surface area contributed by atoms with E-state index in [2.05, 4.69) is 0 Å². The van der Waals surface area contributed by atoms with Crippen LogP contribution in [-0.2, 0) is 10.0 Å². The molecule has 0 aliphatic carbocycles. The molecule has 8 heteroatoms. The van der Waals surface area contributed by atoms with E-state index in [9.17, 15) is 17.6 Å². The molecule has 0 heterocycles. The van der Waals surface area contributed by atoms with Crippen LogP contribution >= 0.6 is 0 Å². The van der Waals surface area contributed by atoms with Crippen molar-refractivity contribution in [3.05, 3.63) is 29.6 Å². The zero-order valence-electron chi connectivity index (χ0n) is 7.14. The van der Waals surface area contributed by atoms with Crippen molar-refractivity contribution in [2.45, 2.75) is 4.90 Å². The van der Waals surface area contributed by atoms with Gasteiger partial charge >= 0.3 is 5.97 Å². The second-order valence-corrected chi connectivity index (χ2v) is 4.17. The van der Waals surface area contributed by atoms with E-state index in [0.29, 0.717) is 6.07 Å². The van der Waals surface area contributed by atoms with Gasteiger partial charge in [-0.3, -0.25) is 0 Å². The first-order valence-electron chi connectivity index (χ1n) is 3.57. The lowest BCUT2D eigenvalue weighted by molar-refractivity contribution is 0.0696. The summed E-state index contributed by atoms with van der Waals surface area (Å²) in [4.78, 5) is 10.5. The van der Waals surface area contributed by atoms with Gasteiger partial charge in [-0.05, 0) is 18.2 Å². The van der Waals surface area contributed by atoms with Gasteiger partial charge < -0.3 is 10.3 Å². The van der Waals surface area contributed by atoms with Crippen molar-refractivity contribution < 1.29 is 27.9 Å². The molecular formula is C7H6FNO5S. The van der Waals surface area contributed by atoms with Crippen molar-refractivity contribution in [3.63, 3.8) is 0 Å². The lowest BCUT2D eigenvalue weighted by atomic mass is 10.2. The van der Waals surface area contributed by atoms with E-state index in [1.807, 2.05) is 0 Å². The molecule has 1 aromatic rings. The van der Waals surface area contributed by atoms with E-state index in [1.165, 1.54) is 0 Å². The van der Waals surface area contributed by atoms with Gasteiger partial charge in [-0.1, -0.05) is 4.89 Å². The second kappa shape index (κ2) is 3.93. The number of carboxylic acid groups (broad SMARTS) is 1. The average Bonchev–Trinajstić information content (AvgIpc) is 2.17. The van der Waals surface area contributed by atoms with Crippen LogP contribution in [0, 0.1) is 5.82 Å². The molecule has 0 saturated heterocycles. The SMILES string of the molecule is O=C(O)c1ccc(S(=O)(=O)NO)c(F)c1. The Balaban J connectivity index is 3.32. The third kappa shape index (κ3) is 2.29. The highest BCUT2D eigenvalue weighted by Gasteiger charge is 2.19. The number of carbonyl (C=O) groups is 1. The van der Waals surface area contributed by atoms with Crippen molar-refractivity contribution in [1.29, 1.82) is 0 Å². The van der Waals surface area contributed by atoms with Gasteiger partial charge in [-0.15, -0.1) is 0 Å². The maximum atomic E-state index is 13.1. The summed E-state index contributed by atoms with van der Waals surface area (Å²) in [6, 6.07) is 2.21. The standard InChI is InChI=1S/C7H6FNO5S/c8-5-3-4(7(10)11)1-2-6(5)15(13,14)9-12/h1-3,9,12H,(H,10,11). The lowest BCUT2D eigenvalue weighted by Crippen LogP contribution is -2.20. The number of carboxylic acids is 1. The predicted octanol–water partition coefficient (Wildman–Crippen LogP) is 0.191. The Hall–Kier alpha value is -1.51. The van der Waals surface area contributed by atoms with Crippen LogP contribution < -0.4 is 4.89 Å². The van der Waals surface area contributed by atoms with Crippen molar-refractivity contribution in [2.75, 3.05) is 0 Å². The summed E-state index contributed by atoms with van der Waals surface area (Å²) in [5.41, 5.74) is -0.385. The zero-order valence-corrected chi connectivity index (χ0v) is 7.95. The number of aromatic carboxylic acids is 1. The maximum absolute atomic E-state index is 13.1. The number of hydrogen-bond donors (Lipinski definition) is 3. The molecule has 0 aliphatic heterocycles. The van der Waals surface area contributed by atoms with Gasteiger partial charge in [0.15, 0.2) is 0 Å². The van der Waals surface area contributed by atoms with Crippen LogP contribution in [0.1, 0.15) is 10.4 Å². The first-order valence-corrected chi connectivity index (χ1v) is 5.05. The number of hydrogen-bond acceptors (Lipinski definition) is 4. The Morgan fingerprint density at radius 1 is 1.40 bits per heavy atom.